The number of hydrogen-bond acceptors (Lipinski definition) is 3. The van der Waals surface area contributed by atoms with Crippen molar-refractivity contribution in [2.45, 2.75) is 110 Å². The third-order valence-electron chi connectivity index (χ3n) is 17.3. The molecule has 9 aromatic rings. The molecule has 3 nitrogen and oxygen atoms in total. The third-order valence-corrected chi connectivity index (χ3v) is 17.3. The molecule has 0 saturated heterocycles. The second kappa shape index (κ2) is 14.6. The summed E-state index contributed by atoms with van der Waals surface area (Å²) < 4.78 is 7.08. The third kappa shape index (κ3) is 6.26. The van der Waals surface area contributed by atoms with Crippen LogP contribution in [-0.4, -0.2) is 6.85 Å². The fraction of sp³-hybridized carbons (Fsp3) is 0.262. The van der Waals surface area contributed by atoms with Crippen LogP contribution in [0.4, 0.5) is 28.4 Å². The summed E-state index contributed by atoms with van der Waals surface area (Å²) in [5.74, 6) is 0. The summed E-state index contributed by atoms with van der Waals surface area (Å²) in [5, 5.41) is 2.38. The van der Waals surface area contributed by atoms with Crippen LogP contribution in [0.5, 0.6) is 0 Å². The Morgan fingerprint density at radius 2 is 0.971 bits per heavy atom. The van der Waals surface area contributed by atoms with Gasteiger partial charge in [0.25, 0.3) is 0 Å². The van der Waals surface area contributed by atoms with Gasteiger partial charge in [0.15, 0.2) is 0 Å². The normalized spacial score (nSPS) is 17.8. The Morgan fingerprint density at radius 1 is 0.449 bits per heavy atom. The topological polar surface area (TPSA) is 19.6 Å². The second-order valence-electron chi connectivity index (χ2n) is 23.5. The first-order chi connectivity index (χ1) is 33.1. The Balaban J connectivity index is 1.19. The highest BCUT2D eigenvalue weighted by atomic mass is 16.3. The van der Waals surface area contributed by atoms with Crippen LogP contribution in [-0.2, 0) is 21.7 Å². The molecule has 0 N–H and O–H groups in total. The maximum absolute atomic E-state index is 7.08. The molecule has 4 aliphatic rings. The van der Waals surface area contributed by atoms with E-state index in [0.717, 1.165) is 36.8 Å². The molecule has 2 aliphatic heterocycles. The first-order valence-electron chi connectivity index (χ1n) is 25.4. The molecule has 0 radical (unpaired) electrons. The SMILES string of the molecule is Cc1cc(-c2ccccc2)ccc1N1c2cc3c(cc2B2c4c1cc1oc5ccccc5c1c4-c1cc4c(cc1N2c1ccc(-c2ccccc2)cc1)C(C)(C)CCC4(C)C)C(C)(C)CCC3(C)C. The van der Waals surface area contributed by atoms with Crippen molar-refractivity contribution in [3.8, 4) is 33.4 Å². The van der Waals surface area contributed by atoms with Crippen LogP contribution in [0.25, 0.3) is 55.3 Å². The van der Waals surface area contributed by atoms with Crippen LogP contribution in [0.3, 0.4) is 0 Å². The number of furan rings is 1. The van der Waals surface area contributed by atoms with Gasteiger partial charge in [0.1, 0.15) is 11.2 Å². The van der Waals surface area contributed by atoms with Gasteiger partial charge in [0, 0.05) is 50.8 Å². The average Bonchev–Trinajstić information content (AvgIpc) is 3.73. The molecular formula is C65H61BN2O. The highest BCUT2D eigenvalue weighted by Crippen LogP contribution is 2.57. The molecule has 0 atom stereocenters. The van der Waals surface area contributed by atoms with Crippen molar-refractivity contribution in [3.05, 3.63) is 186 Å². The smallest absolute Gasteiger partial charge is 0.333 e. The Morgan fingerprint density at radius 3 is 1.59 bits per heavy atom. The molecule has 1 aromatic heterocycles. The summed E-state index contributed by atoms with van der Waals surface area (Å²) in [7, 11) is 0. The zero-order valence-electron chi connectivity index (χ0n) is 41.7. The van der Waals surface area contributed by atoms with Crippen molar-refractivity contribution >= 4 is 68.1 Å². The van der Waals surface area contributed by atoms with Gasteiger partial charge in [-0.3, -0.25) is 0 Å². The Labute approximate surface area is 408 Å². The zero-order valence-corrected chi connectivity index (χ0v) is 41.7. The van der Waals surface area contributed by atoms with Crippen LogP contribution >= 0.6 is 0 Å². The monoisotopic (exact) mass is 896 g/mol. The molecule has 0 spiro atoms. The molecule has 69 heavy (non-hydrogen) atoms. The quantitative estimate of drug-likeness (QED) is 0.164. The van der Waals surface area contributed by atoms with Crippen molar-refractivity contribution in [1.29, 1.82) is 0 Å². The van der Waals surface area contributed by atoms with Gasteiger partial charge in [-0.1, -0.05) is 159 Å². The molecule has 0 unspecified atom stereocenters. The fourth-order valence-electron chi connectivity index (χ4n) is 13.1. The Kier molecular flexibility index (Phi) is 8.97. The molecule has 0 bridgehead atoms. The van der Waals surface area contributed by atoms with Gasteiger partial charge in [-0.05, 0) is 169 Å². The minimum absolute atomic E-state index is 0.00913. The second-order valence-corrected chi connectivity index (χ2v) is 23.5. The maximum Gasteiger partial charge on any atom is 0.333 e. The molecule has 340 valence electrons. The predicted molar refractivity (Wildman–Crippen MR) is 294 cm³/mol. The summed E-state index contributed by atoms with van der Waals surface area (Å²) in [6.07, 6.45) is 4.58. The van der Waals surface area contributed by atoms with E-state index < -0.39 is 0 Å². The fourth-order valence-corrected chi connectivity index (χ4v) is 13.1. The van der Waals surface area contributed by atoms with E-state index in [0.29, 0.717) is 0 Å². The number of benzene rings is 8. The summed E-state index contributed by atoms with van der Waals surface area (Å²) in [6.45, 7) is 21.9. The van der Waals surface area contributed by atoms with Crippen LogP contribution in [0.2, 0.25) is 0 Å². The average molecular weight is 897 g/mol. The van der Waals surface area contributed by atoms with E-state index in [1.54, 1.807) is 0 Å². The Hall–Kier alpha value is -6.78. The summed E-state index contributed by atoms with van der Waals surface area (Å²) in [5.41, 5.74) is 25.3. The first kappa shape index (κ1) is 42.3. The van der Waals surface area contributed by atoms with Crippen LogP contribution < -0.4 is 20.6 Å². The lowest BCUT2D eigenvalue weighted by Gasteiger charge is -2.49. The highest BCUT2D eigenvalue weighted by Gasteiger charge is 2.50. The molecule has 0 saturated carbocycles. The lowest BCUT2D eigenvalue weighted by molar-refractivity contribution is 0.332. The van der Waals surface area contributed by atoms with Crippen molar-refractivity contribution in [2.24, 2.45) is 0 Å². The standard InChI is InChI=1S/C65H61BN2O/c1-40-34-44(42-20-14-11-15-21-42)26-29-53(40)67-55-38-51-49(63(4,5)31-33-65(51,8)9)36-52(55)66-61-56(67)39-58-59(46-22-16-17-23-57(46)69-58)60(61)47-35-48-50(64(6,7)32-30-62(48,2)3)37-54(47)68(66)45-27-24-43(25-28-45)41-18-12-10-13-19-41/h10-29,34-39H,30-33H2,1-9H3. The molecule has 2 aliphatic carbocycles. The number of rotatable bonds is 4. The number of hydrogen-bond donors (Lipinski definition) is 0. The molecule has 0 amide bonds. The highest BCUT2D eigenvalue weighted by molar-refractivity contribution is 6.94. The molecule has 8 aromatic carbocycles. The van der Waals surface area contributed by atoms with Crippen LogP contribution in [0.1, 0.15) is 109 Å². The Bertz CT molecular complexity index is 3580. The van der Waals surface area contributed by atoms with E-state index >= 15 is 0 Å². The zero-order chi connectivity index (χ0) is 47.4. The van der Waals surface area contributed by atoms with E-state index in [1.807, 2.05) is 0 Å². The molecule has 4 heteroatoms. The van der Waals surface area contributed by atoms with E-state index in [2.05, 4.69) is 230 Å². The summed E-state index contributed by atoms with van der Waals surface area (Å²) >= 11 is 0. The van der Waals surface area contributed by atoms with E-state index in [1.165, 1.54) is 111 Å². The van der Waals surface area contributed by atoms with Gasteiger partial charge >= 0.3 is 6.85 Å². The van der Waals surface area contributed by atoms with Crippen LogP contribution in [0, 0.1) is 6.92 Å². The number of fused-ring (bicyclic) bond motifs is 10. The van der Waals surface area contributed by atoms with Crippen molar-refractivity contribution in [2.75, 3.05) is 9.71 Å². The molecule has 0 fully saturated rings. The number of nitrogens with zero attached hydrogens (tertiary/aromatic N) is 2. The number of aryl methyl sites for hydroxylation is 1. The summed E-state index contributed by atoms with van der Waals surface area (Å²) in [4.78, 5) is 5.38. The maximum atomic E-state index is 7.08. The number of para-hydroxylation sites is 1. The lowest BCUT2D eigenvalue weighted by atomic mass is 9.42. The largest absolute Gasteiger partial charge is 0.456 e. The number of anilines is 5. The van der Waals surface area contributed by atoms with E-state index in [4.69, 9.17) is 4.42 Å². The molecular weight excluding hydrogens is 836 g/mol. The minimum atomic E-state index is -0.137. The van der Waals surface area contributed by atoms with Gasteiger partial charge in [-0.15, -0.1) is 0 Å². The van der Waals surface area contributed by atoms with E-state index in [9.17, 15) is 0 Å². The van der Waals surface area contributed by atoms with Crippen LogP contribution in [0.15, 0.2) is 162 Å². The predicted octanol–water partition coefficient (Wildman–Crippen LogP) is 16.6. The minimum Gasteiger partial charge on any atom is -0.456 e. The summed E-state index contributed by atoms with van der Waals surface area (Å²) in [6, 6.07) is 59.9. The first-order valence-corrected chi connectivity index (χ1v) is 25.4. The van der Waals surface area contributed by atoms with Gasteiger partial charge in [-0.2, -0.15) is 0 Å². The molecule has 3 heterocycles. The van der Waals surface area contributed by atoms with Gasteiger partial charge in [0.2, 0.25) is 0 Å². The lowest BCUT2D eigenvalue weighted by Crippen LogP contribution is -2.62. The van der Waals surface area contributed by atoms with E-state index in [-0.39, 0.29) is 28.5 Å². The van der Waals surface area contributed by atoms with Crippen molar-refractivity contribution in [3.63, 3.8) is 0 Å². The van der Waals surface area contributed by atoms with Crippen molar-refractivity contribution in [1.82, 2.24) is 0 Å². The van der Waals surface area contributed by atoms with Gasteiger partial charge < -0.3 is 14.1 Å². The van der Waals surface area contributed by atoms with Gasteiger partial charge in [0.05, 0.1) is 0 Å². The van der Waals surface area contributed by atoms with Gasteiger partial charge in [-0.25, -0.2) is 0 Å². The molecule has 13 rings (SSSR count). The van der Waals surface area contributed by atoms with Crippen molar-refractivity contribution < 1.29 is 4.42 Å².